The summed E-state index contributed by atoms with van der Waals surface area (Å²) in [6.45, 7) is 0. The third kappa shape index (κ3) is 1.31. The number of pyridine rings is 3. The van der Waals surface area contributed by atoms with E-state index >= 15 is 0 Å². The normalized spacial score (nSPS) is 11.8. The van der Waals surface area contributed by atoms with E-state index in [0.717, 1.165) is 32.8 Å². The predicted molar refractivity (Wildman–Crippen MR) is 83.3 cm³/mol. The van der Waals surface area contributed by atoms with E-state index < -0.39 is 0 Å². The van der Waals surface area contributed by atoms with Gasteiger partial charge in [-0.15, -0.1) is 0 Å². The lowest BCUT2D eigenvalue weighted by Gasteiger charge is -2.09. The second-order valence-corrected chi connectivity index (χ2v) is 5.09. The van der Waals surface area contributed by atoms with Gasteiger partial charge in [0.15, 0.2) is 0 Å². The van der Waals surface area contributed by atoms with Crippen molar-refractivity contribution in [2.75, 3.05) is 0 Å². The number of hydrogen-bond donors (Lipinski definition) is 0. The van der Waals surface area contributed by atoms with Crippen molar-refractivity contribution in [2.24, 2.45) is 0 Å². The highest BCUT2D eigenvalue weighted by Crippen LogP contribution is 2.31. The summed E-state index contributed by atoms with van der Waals surface area (Å²) >= 11 is 0. The summed E-state index contributed by atoms with van der Waals surface area (Å²) in [5.41, 5.74) is 2.86. The summed E-state index contributed by atoms with van der Waals surface area (Å²) < 4.78 is 2.01. The topological polar surface area (TPSA) is 43.1 Å². The first-order valence-corrected chi connectivity index (χ1v) is 6.80. The molecule has 0 aliphatic rings. The zero-order valence-corrected chi connectivity index (χ0v) is 11.1. The molecule has 5 rings (SSSR count). The second kappa shape index (κ2) is 3.76. The molecule has 0 saturated carbocycles. The summed E-state index contributed by atoms with van der Waals surface area (Å²) in [7, 11) is 0. The second-order valence-electron chi connectivity index (χ2n) is 5.09. The Bertz CT molecular complexity index is 1140. The van der Waals surface area contributed by atoms with Crippen molar-refractivity contribution < 1.29 is 0 Å². The molecule has 0 spiro atoms. The van der Waals surface area contributed by atoms with Gasteiger partial charge in [-0.3, -0.25) is 9.38 Å². The van der Waals surface area contributed by atoms with Gasteiger partial charge in [-0.1, -0.05) is 30.3 Å². The molecule has 0 aliphatic carbocycles. The zero-order valence-electron chi connectivity index (χ0n) is 11.1. The number of aromatic nitrogens is 4. The van der Waals surface area contributed by atoms with Crippen LogP contribution in [-0.2, 0) is 0 Å². The molecule has 0 atom stereocenters. The van der Waals surface area contributed by atoms with Crippen LogP contribution >= 0.6 is 0 Å². The molecule has 0 radical (unpaired) electrons. The van der Waals surface area contributed by atoms with Crippen molar-refractivity contribution >= 4 is 38.2 Å². The number of benzene rings is 1. The van der Waals surface area contributed by atoms with Gasteiger partial charge in [0, 0.05) is 28.6 Å². The molecule has 4 aromatic heterocycles. The van der Waals surface area contributed by atoms with Gasteiger partial charge in [-0.2, -0.15) is 0 Å². The largest absolute Gasteiger partial charge is 0.281 e. The molecule has 0 aliphatic heterocycles. The molecular weight excluding hydrogens is 260 g/mol. The fourth-order valence-corrected chi connectivity index (χ4v) is 3.05. The first kappa shape index (κ1) is 10.7. The van der Waals surface area contributed by atoms with Gasteiger partial charge in [-0.25, -0.2) is 9.97 Å². The van der Waals surface area contributed by atoms with Gasteiger partial charge in [0.25, 0.3) is 0 Å². The molecule has 0 amide bonds. The average molecular weight is 270 g/mol. The monoisotopic (exact) mass is 270 g/mol. The van der Waals surface area contributed by atoms with E-state index in [9.17, 15) is 0 Å². The Morgan fingerprint density at radius 2 is 1.76 bits per heavy atom. The Balaban J connectivity index is 2.25. The number of hydrogen-bond acceptors (Lipinski definition) is 3. The van der Waals surface area contributed by atoms with E-state index in [0.29, 0.717) is 0 Å². The summed E-state index contributed by atoms with van der Waals surface area (Å²) in [5.74, 6) is 0. The van der Waals surface area contributed by atoms with Crippen LogP contribution in [0.1, 0.15) is 0 Å². The van der Waals surface area contributed by atoms with Gasteiger partial charge in [0.05, 0.1) is 17.2 Å². The lowest BCUT2D eigenvalue weighted by molar-refractivity contribution is 1.17. The van der Waals surface area contributed by atoms with E-state index in [1.807, 2.05) is 35.1 Å². The fourth-order valence-electron chi connectivity index (χ4n) is 3.05. The minimum Gasteiger partial charge on any atom is -0.281 e. The first-order chi connectivity index (χ1) is 10.4. The van der Waals surface area contributed by atoms with Gasteiger partial charge in [0.2, 0.25) is 0 Å². The highest BCUT2D eigenvalue weighted by atomic mass is 15.0. The molecule has 1 aromatic carbocycles. The maximum atomic E-state index is 4.66. The molecule has 21 heavy (non-hydrogen) atoms. The Morgan fingerprint density at radius 1 is 0.857 bits per heavy atom. The molecule has 4 nitrogen and oxygen atoms in total. The Morgan fingerprint density at radius 3 is 2.76 bits per heavy atom. The van der Waals surface area contributed by atoms with Crippen molar-refractivity contribution in [3.8, 4) is 0 Å². The van der Waals surface area contributed by atoms with E-state index in [-0.39, 0.29) is 0 Å². The molecule has 0 fully saturated rings. The van der Waals surface area contributed by atoms with Crippen LogP contribution < -0.4 is 0 Å². The van der Waals surface area contributed by atoms with E-state index in [4.69, 9.17) is 0 Å². The van der Waals surface area contributed by atoms with Crippen molar-refractivity contribution in [3.05, 3.63) is 61.3 Å². The molecule has 0 N–H and O–H groups in total. The smallest absolute Gasteiger partial charge is 0.147 e. The maximum absolute atomic E-state index is 4.66. The molecule has 0 unspecified atom stereocenters. The van der Waals surface area contributed by atoms with Crippen molar-refractivity contribution in [1.82, 2.24) is 19.4 Å². The van der Waals surface area contributed by atoms with Crippen LogP contribution in [-0.4, -0.2) is 19.4 Å². The van der Waals surface area contributed by atoms with E-state index in [1.165, 1.54) is 5.39 Å². The van der Waals surface area contributed by atoms with E-state index in [2.05, 4.69) is 39.2 Å². The fraction of sp³-hybridized carbons (Fsp3) is 0. The average Bonchev–Trinajstić information content (AvgIpc) is 3.04. The number of fused-ring (bicyclic) bond motifs is 8. The van der Waals surface area contributed by atoms with Crippen molar-refractivity contribution in [1.29, 1.82) is 0 Å². The van der Waals surface area contributed by atoms with Gasteiger partial charge in [0.1, 0.15) is 12.0 Å². The van der Waals surface area contributed by atoms with Crippen LogP contribution in [0.3, 0.4) is 0 Å². The molecule has 4 heterocycles. The first-order valence-electron chi connectivity index (χ1n) is 6.80. The van der Waals surface area contributed by atoms with Gasteiger partial charge < -0.3 is 0 Å². The van der Waals surface area contributed by atoms with Crippen molar-refractivity contribution in [2.45, 2.75) is 0 Å². The number of rotatable bonds is 0. The Kier molecular flexibility index (Phi) is 1.92. The minimum absolute atomic E-state index is 0.918. The standard InChI is InChI=1S/C17H10N4/c1-2-5-12-11(4-1)8-20-17-15(12)13-6-3-7-19-16(13)14-9-18-10-21(14)17/h1-10H. The van der Waals surface area contributed by atoms with Gasteiger partial charge in [-0.05, 0) is 11.5 Å². The molecule has 5 aromatic rings. The summed E-state index contributed by atoms with van der Waals surface area (Å²) in [6, 6.07) is 12.4. The summed E-state index contributed by atoms with van der Waals surface area (Å²) in [6.07, 6.45) is 7.37. The van der Waals surface area contributed by atoms with Crippen LogP contribution in [0, 0.1) is 0 Å². The predicted octanol–water partition coefficient (Wildman–Crippen LogP) is 3.58. The lowest BCUT2D eigenvalue weighted by Crippen LogP contribution is -1.94. The zero-order chi connectivity index (χ0) is 13.8. The van der Waals surface area contributed by atoms with Crippen LogP contribution in [0.2, 0.25) is 0 Å². The maximum Gasteiger partial charge on any atom is 0.147 e. The SMILES string of the molecule is c1ccc2c(c1)cnc1c2c2cccnc2c2cncn21. The molecule has 0 bridgehead atoms. The van der Waals surface area contributed by atoms with Crippen LogP contribution in [0.4, 0.5) is 0 Å². The highest BCUT2D eigenvalue weighted by Gasteiger charge is 2.12. The molecule has 0 saturated heterocycles. The molecule has 4 heteroatoms. The van der Waals surface area contributed by atoms with Gasteiger partial charge >= 0.3 is 0 Å². The highest BCUT2D eigenvalue weighted by molar-refractivity contribution is 6.20. The van der Waals surface area contributed by atoms with Crippen LogP contribution in [0.15, 0.2) is 61.3 Å². The Hall–Kier alpha value is -3.01. The summed E-state index contributed by atoms with van der Waals surface area (Å²) in [4.78, 5) is 13.5. The Labute approximate surface area is 119 Å². The lowest BCUT2D eigenvalue weighted by atomic mass is 10.0. The molecule has 98 valence electrons. The van der Waals surface area contributed by atoms with Crippen LogP contribution in [0.25, 0.3) is 38.2 Å². The van der Waals surface area contributed by atoms with Crippen molar-refractivity contribution in [3.63, 3.8) is 0 Å². The third-order valence-electron chi connectivity index (χ3n) is 3.97. The number of imidazole rings is 1. The third-order valence-corrected chi connectivity index (χ3v) is 3.97. The number of nitrogens with zero attached hydrogens (tertiary/aromatic N) is 4. The van der Waals surface area contributed by atoms with Crippen LogP contribution in [0.5, 0.6) is 0 Å². The molecular formula is C17H10N4. The quantitative estimate of drug-likeness (QED) is 0.404. The minimum atomic E-state index is 0.918. The summed E-state index contributed by atoms with van der Waals surface area (Å²) in [5, 5.41) is 4.57. The van der Waals surface area contributed by atoms with E-state index in [1.54, 1.807) is 6.33 Å².